The van der Waals surface area contributed by atoms with Crippen molar-refractivity contribution in [1.29, 1.82) is 0 Å². The van der Waals surface area contributed by atoms with Gasteiger partial charge in [-0.25, -0.2) is 9.97 Å². The molecule has 168 valence electrons. The molecule has 2 aliphatic rings. The molecule has 6 nitrogen and oxygen atoms in total. The van der Waals surface area contributed by atoms with Crippen molar-refractivity contribution in [2.24, 2.45) is 5.92 Å². The smallest absolute Gasteiger partial charge is 0.211 e. The number of likely N-dealkylation sites (tertiary alicyclic amines) is 1. The van der Waals surface area contributed by atoms with Crippen molar-refractivity contribution in [3.8, 4) is 11.3 Å². The van der Waals surface area contributed by atoms with Crippen LogP contribution in [0.5, 0.6) is 0 Å². The van der Waals surface area contributed by atoms with Gasteiger partial charge in [0.15, 0.2) is 5.76 Å². The molecule has 2 atom stereocenters. The third kappa shape index (κ3) is 4.87. The van der Waals surface area contributed by atoms with Crippen LogP contribution in [0.1, 0.15) is 31.7 Å². The van der Waals surface area contributed by atoms with Gasteiger partial charge in [-0.3, -0.25) is 9.80 Å². The summed E-state index contributed by atoms with van der Waals surface area (Å²) in [6, 6.07) is 16.6. The Morgan fingerprint density at radius 2 is 1.78 bits per heavy atom. The van der Waals surface area contributed by atoms with E-state index in [1.54, 1.807) is 0 Å². The third-order valence-corrected chi connectivity index (χ3v) is 6.90. The number of aromatic nitrogens is 2. The van der Waals surface area contributed by atoms with E-state index in [0.29, 0.717) is 5.92 Å². The number of piperidine rings is 1. The Morgan fingerprint density at radius 3 is 2.56 bits per heavy atom. The normalized spacial score (nSPS) is 21.5. The van der Waals surface area contributed by atoms with Crippen LogP contribution in [0.25, 0.3) is 11.3 Å². The van der Waals surface area contributed by atoms with Crippen molar-refractivity contribution in [2.45, 2.75) is 25.8 Å². The molecular weight excluding hydrogens is 398 g/mol. The Kier molecular flexibility index (Phi) is 6.51. The first-order valence-electron chi connectivity index (χ1n) is 11.9. The first-order chi connectivity index (χ1) is 15.8. The lowest BCUT2D eigenvalue weighted by atomic mass is 9.96. The average molecular weight is 432 g/mol. The zero-order valence-corrected chi connectivity index (χ0v) is 18.9. The Hall–Kier alpha value is -2.70. The fourth-order valence-electron chi connectivity index (χ4n) is 5.04. The summed E-state index contributed by atoms with van der Waals surface area (Å²) in [6.45, 7) is 9.99. The molecule has 0 N–H and O–H groups in total. The van der Waals surface area contributed by atoms with Crippen molar-refractivity contribution in [1.82, 2.24) is 19.8 Å². The Bertz CT molecular complexity index is 968. The van der Waals surface area contributed by atoms with Gasteiger partial charge in [-0.2, -0.15) is 0 Å². The van der Waals surface area contributed by atoms with Crippen molar-refractivity contribution in [2.75, 3.05) is 50.7 Å². The number of oxazole rings is 1. The van der Waals surface area contributed by atoms with Gasteiger partial charge in [0, 0.05) is 51.0 Å². The van der Waals surface area contributed by atoms with Gasteiger partial charge in [-0.15, -0.1) is 0 Å². The molecule has 2 fully saturated rings. The van der Waals surface area contributed by atoms with Gasteiger partial charge in [0.05, 0.1) is 12.2 Å². The quantitative estimate of drug-likeness (QED) is 0.579. The fraction of sp³-hybridized carbons (Fsp3) is 0.462. The maximum Gasteiger partial charge on any atom is 0.211 e. The summed E-state index contributed by atoms with van der Waals surface area (Å²) in [7, 11) is 0. The van der Waals surface area contributed by atoms with Crippen molar-refractivity contribution >= 4 is 5.82 Å². The van der Waals surface area contributed by atoms with Gasteiger partial charge < -0.3 is 9.32 Å². The number of hydrogen-bond acceptors (Lipinski definition) is 6. The zero-order valence-electron chi connectivity index (χ0n) is 18.9. The highest BCUT2D eigenvalue weighted by Crippen LogP contribution is 2.29. The molecule has 0 radical (unpaired) electrons. The van der Waals surface area contributed by atoms with Gasteiger partial charge in [-0.1, -0.05) is 36.4 Å². The topological polar surface area (TPSA) is 48.6 Å². The van der Waals surface area contributed by atoms with E-state index in [0.717, 1.165) is 62.3 Å². The summed E-state index contributed by atoms with van der Waals surface area (Å²) in [6.07, 6.45) is 6.31. The van der Waals surface area contributed by atoms with Crippen molar-refractivity contribution in [3.63, 3.8) is 0 Å². The molecule has 2 unspecified atom stereocenters. The zero-order chi connectivity index (χ0) is 21.8. The number of benzene rings is 1. The van der Waals surface area contributed by atoms with Crippen LogP contribution < -0.4 is 4.90 Å². The van der Waals surface area contributed by atoms with Crippen LogP contribution in [-0.4, -0.2) is 65.6 Å². The van der Waals surface area contributed by atoms with Crippen LogP contribution in [0.4, 0.5) is 5.82 Å². The number of rotatable bonds is 6. The van der Waals surface area contributed by atoms with E-state index in [9.17, 15) is 0 Å². The molecular formula is C26H33N5O. The van der Waals surface area contributed by atoms with E-state index < -0.39 is 0 Å². The largest absolute Gasteiger partial charge is 0.439 e. The first kappa shape index (κ1) is 21.2. The lowest BCUT2D eigenvalue weighted by molar-refractivity contribution is 0.0916. The van der Waals surface area contributed by atoms with Crippen LogP contribution in [0, 0.1) is 5.92 Å². The molecule has 32 heavy (non-hydrogen) atoms. The van der Waals surface area contributed by atoms with Crippen LogP contribution in [0.15, 0.2) is 65.3 Å². The van der Waals surface area contributed by atoms with Crippen LogP contribution in [0.2, 0.25) is 0 Å². The molecule has 0 aliphatic carbocycles. The van der Waals surface area contributed by atoms with Crippen LogP contribution in [-0.2, 0) is 0 Å². The van der Waals surface area contributed by atoms with Crippen molar-refractivity contribution in [3.05, 3.63) is 66.8 Å². The molecule has 5 rings (SSSR count). The molecule has 2 aromatic heterocycles. The van der Waals surface area contributed by atoms with E-state index in [1.807, 2.05) is 36.7 Å². The van der Waals surface area contributed by atoms with E-state index in [2.05, 4.69) is 55.9 Å². The predicted molar refractivity (Wildman–Crippen MR) is 128 cm³/mol. The van der Waals surface area contributed by atoms with Gasteiger partial charge in [0.25, 0.3) is 0 Å². The fourth-order valence-corrected chi connectivity index (χ4v) is 5.04. The molecule has 3 aromatic rings. The maximum absolute atomic E-state index is 6.15. The summed E-state index contributed by atoms with van der Waals surface area (Å²) in [5.74, 6) is 3.49. The maximum atomic E-state index is 6.15. The van der Waals surface area contributed by atoms with E-state index in [1.165, 1.54) is 19.4 Å². The molecule has 0 spiro atoms. The lowest BCUT2D eigenvalue weighted by Gasteiger charge is -2.40. The second kappa shape index (κ2) is 9.84. The highest BCUT2D eigenvalue weighted by atomic mass is 16.4. The monoisotopic (exact) mass is 431 g/mol. The van der Waals surface area contributed by atoms with E-state index >= 15 is 0 Å². The Labute approximate surface area is 190 Å². The first-order valence-corrected chi connectivity index (χ1v) is 11.9. The summed E-state index contributed by atoms with van der Waals surface area (Å²) in [5.41, 5.74) is 1.08. The second-order valence-corrected chi connectivity index (χ2v) is 9.08. The summed E-state index contributed by atoms with van der Waals surface area (Å²) >= 11 is 0. The lowest BCUT2D eigenvalue weighted by Crippen LogP contribution is -2.50. The molecule has 2 saturated heterocycles. The summed E-state index contributed by atoms with van der Waals surface area (Å²) in [4.78, 5) is 16.7. The molecule has 2 aliphatic heterocycles. The van der Waals surface area contributed by atoms with E-state index in [4.69, 9.17) is 4.42 Å². The second-order valence-electron chi connectivity index (χ2n) is 9.08. The molecule has 4 heterocycles. The Morgan fingerprint density at radius 1 is 0.969 bits per heavy atom. The summed E-state index contributed by atoms with van der Waals surface area (Å²) < 4.78 is 6.15. The third-order valence-electron chi connectivity index (χ3n) is 6.90. The SMILES string of the molecule is CC(c1ncc(-c2ccccc2)o1)N1CCCC(CN2CCN(c3ccccn3)CC2)C1. The van der Waals surface area contributed by atoms with E-state index in [-0.39, 0.29) is 6.04 Å². The van der Waals surface area contributed by atoms with Crippen molar-refractivity contribution < 1.29 is 4.42 Å². The predicted octanol–water partition coefficient (Wildman–Crippen LogP) is 4.33. The minimum Gasteiger partial charge on any atom is -0.439 e. The molecule has 0 saturated carbocycles. The van der Waals surface area contributed by atoms with Gasteiger partial charge in [0.1, 0.15) is 5.82 Å². The molecule has 1 aromatic carbocycles. The summed E-state index contributed by atoms with van der Waals surface area (Å²) in [5, 5.41) is 0. The van der Waals surface area contributed by atoms with Gasteiger partial charge in [-0.05, 0) is 44.4 Å². The van der Waals surface area contributed by atoms with Crippen LogP contribution >= 0.6 is 0 Å². The highest BCUT2D eigenvalue weighted by Gasteiger charge is 2.29. The number of anilines is 1. The van der Waals surface area contributed by atoms with Gasteiger partial charge >= 0.3 is 0 Å². The Balaban J connectivity index is 1.14. The molecule has 0 amide bonds. The molecule has 6 heteroatoms. The minimum absolute atomic E-state index is 0.205. The number of nitrogens with zero attached hydrogens (tertiary/aromatic N) is 5. The standard InChI is InChI=1S/C26H33N5O/c1-21(26-28-18-24(32-26)23-9-3-2-4-10-23)31-13-7-8-22(20-31)19-29-14-16-30(17-15-29)25-11-5-6-12-27-25/h2-6,9-12,18,21-22H,7-8,13-17,19-20H2,1H3. The number of pyridine rings is 1. The van der Waals surface area contributed by atoms with Gasteiger partial charge in [0.2, 0.25) is 5.89 Å². The highest BCUT2D eigenvalue weighted by molar-refractivity contribution is 5.55. The van der Waals surface area contributed by atoms with Crippen LogP contribution in [0.3, 0.4) is 0 Å². The average Bonchev–Trinajstić information content (AvgIpc) is 3.36. The molecule has 0 bridgehead atoms. The number of hydrogen-bond donors (Lipinski definition) is 0. The minimum atomic E-state index is 0.205. The number of piperazine rings is 1.